The molecule has 0 radical (unpaired) electrons. The number of ether oxygens (including phenoxy) is 2. The highest BCUT2D eigenvalue weighted by Crippen LogP contribution is 2.34. The lowest BCUT2D eigenvalue weighted by atomic mass is 10.0. The SMILES string of the molecule is N#CC1(NC(=O)[C@@H]2Cc3ccc(c(Cl)c3)OC/C=C\Oc3ccc(F)c(F)c3C(=O)N2)CC1. The molecule has 2 heterocycles. The Bertz CT molecular complexity index is 1190. The van der Waals surface area contributed by atoms with Gasteiger partial charge in [0.2, 0.25) is 5.91 Å². The normalized spacial score (nSPS) is 19.9. The Morgan fingerprint density at radius 2 is 2.00 bits per heavy atom. The fourth-order valence-corrected chi connectivity index (χ4v) is 3.58. The highest BCUT2D eigenvalue weighted by molar-refractivity contribution is 6.32. The van der Waals surface area contributed by atoms with Gasteiger partial charge in [0, 0.05) is 6.42 Å². The molecule has 2 aromatic rings. The molecule has 2 aromatic carbocycles. The maximum Gasteiger partial charge on any atom is 0.258 e. The topological polar surface area (TPSA) is 100 Å². The second-order valence-corrected chi connectivity index (χ2v) is 8.12. The molecule has 0 spiro atoms. The van der Waals surface area contributed by atoms with E-state index in [0.29, 0.717) is 24.2 Å². The van der Waals surface area contributed by atoms with Gasteiger partial charge in [-0.3, -0.25) is 9.59 Å². The molecular formula is C23H18ClF2N3O4. The van der Waals surface area contributed by atoms with Crippen molar-refractivity contribution < 1.29 is 27.8 Å². The van der Waals surface area contributed by atoms with Gasteiger partial charge < -0.3 is 20.1 Å². The van der Waals surface area contributed by atoms with E-state index in [2.05, 4.69) is 10.6 Å². The Kier molecular flexibility index (Phi) is 6.20. The highest BCUT2D eigenvalue weighted by Gasteiger charge is 2.45. The lowest BCUT2D eigenvalue weighted by Crippen LogP contribution is -2.51. The maximum absolute atomic E-state index is 14.6. The number of hydrogen-bond acceptors (Lipinski definition) is 5. The molecule has 3 aliphatic rings. The van der Waals surface area contributed by atoms with Crippen LogP contribution in [0, 0.1) is 23.0 Å². The van der Waals surface area contributed by atoms with Crippen LogP contribution in [0.4, 0.5) is 8.78 Å². The first-order chi connectivity index (χ1) is 15.8. The van der Waals surface area contributed by atoms with Crippen molar-refractivity contribution in [3.8, 4) is 17.6 Å². The van der Waals surface area contributed by atoms with Crippen molar-refractivity contribution in [1.29, 1.82) is 5.26 Å². The summed E-state index contributed by atoms with van der Waals surface area (Å²) < 4.78 is 39.4. The fraction of sp³-hybridized carbons (Fsp3) is 0.261. The van der Waals surface area contributed by atoms with E-state index in [1.807, 2.05) is 6.07 Å². The third-order valence-electron chi connectivity index (χ3n) is 5.29. The maximum atomic E-state index is 14.6. The smallest absolute Gasteiger partial charge is 0.258 e. The van der Waals surface area contributed by atoms with E-state index in [0.717, 1.165) is 12.1 Å². The summed E-state index contributed by atoms with van der Waals surface area (Å²) in [6.07, 6.45) is 3.57. The number of carbonyl (C=O) groups is 2. The molecule has 0 unspecified atom stereocenters. The molecule has 1 atom stereocenters. The summed E-state index contributed by atoms with van der Waals surface area (Å²) in [5.74, 6) is -4.21. The van der Waals surface area contributed by atoms with Crippen LogP contribution in [0.25, 0.3) is 0 Å². The molecular weight excluding hydrogens is 456 g/mol. The van der Waals surface area contributed by atoms with Gasteiger partial charge in [0.05, 0.1) is 17.4 Å². The van der Waals surface area contributed by atoms with E-state index in [9.17, 15) is 23.6 Å². The van der Waals surface area contributed by atoms with E-state index < -0.39 is 40.6 Å². The average molecular weight is 474 g/mol. The first-order valence-corrected chi connectivity index (χ1v) is 10.4. The summed E-state index contributed by atoms with van der Waals surface area (Å²) in [6, 6.07) is 7.63. The number of carbonyl (C=O) groups excluding carboxylic acids is 2. The number of benzene rings is 2. The zero-order valence-electron chi connectivity index (χ0n) is 17.2. The summed E-state index contributed by atoms with van der Waals surface area (Å²) in [7, 11) is 0. The minimum atomic E-state index is -1.42. The molecule has 170 valence electrons. The van der Waals surface area contributed by atoms with Gasteiger partial charge in [0.1, 0.15) is 35.3 Å². The van der Waals surface area contributed by atoms with E-state index in [-0.39, 0.29) is 23.8 Å². The quantitative estimate of drug-likeness (QED) is 0.696. The lowest BCUT2D eigenvalue weighted by molar-refractivity contribution is -0.123. The van der Waals surface area contributed by atoms with Crippen molar-refractivity contribution in [2.24, 2.45) is 0 Å². The monoisotopic (exact) mass is 473 g/mol. The van der Waals surface area contributed by atoms with Gasteiger partial charge in [0.25, 0.3) is 5.91 Å². The van der Waals surface area contributed by atoms with Gasteiger partial charge in [-0.15, -0.1) is 0 Å². The number of rotatable bonds is 2. The van der Waals surface area contributed by atoms with Crippen LogP contribution in [0.1, 0.15) is 28.8 Å². The summed E-state index contributed by atoms with van der Waals surface area (Å²) in [6.45, 7) is 0.0611. The number of nitrogens with zero attached hydrogens (tertiary/aromatic N) is 1. The molecule has 5 rings (SSSR count). The number of halogens is 3. The molecule has 33 heavy (non-hydrogen) atoms. The van der Waals surface area contributed by atoms with Crippen molar-refractivity contribution in [2.75, 3.05) is 6.61 Å². The Morgan fingerprint density at radius 3 is 2.70 bits per heavy atom. The van der Waals surface area contributed by atoms with Crippen LogP contribution in [0.5, 0.6) is 11.5 Å². The van der Waals surface area contributed by atoms with Crippen LogP contribution in [-0.2, 0) is 11.2 Å². The van der Waals surface area contributed by atoms with Crippen molar-refractivity contribution >= 4 is 23.4 Å². The lowest BCUT2D eigenvalue weighted by Gasteiger charge is -2.21. The number of nitrogens with one attached hydrogen (secondary N) is 2. The Morgan fingerprint density at radius 1 is 1.24 bits per heavy atom. The molecule has 1 aliphatic carbocycles. The minimum Gasteiger partial charge on any atom is -0.488 e. The largest absolute Gasteiger partial charge is 0.488 e. The van der Waals surface area contributed by atoms with Crippen molar-refractivity contribution in [1.82, 2.24) is 10.6 Å². The molecule has 2 aliphatic heterocycles. The first kappa shape index (κ1) is 22.6. The Balaban J connectivity index is 1.72. The molecule has 1 saturated carbocycles. The van der Waals surface area contributed by atoms with Crippen LogP contribution >= 0.6 is 11.6 Å². The van der Waals surface area contributed by atoms with Crippen LogP contribution in [-0.4, -0.2) is 30.0 Å². The summed E-state index contributed by atoms with van der Waals surface area (Å²) >= 11 is 6.27. The molecule has 0 saturated heterocycles. The van der Waals surface area contributed by atoms with Gasteiger partial charge in [-0.25, -0.2) is 8.78 Å². The van der Waals surface area contributed by atoms with Gasteiger partial charge in [-0.2, -0.15) is 5.26 Å². The molecule has 0 aromatic heterocycles. The third kappa shape index (κ3) is 4.91. The van der Waals surface area contributed by atoms with Crippen molar-refractivity contribution in [3.63, 3.8) is 0 Å². The number of hydrogen-bond donors (Lipinski definition) is 2. The Labute approximate surface area is 192 Å². The zero-order chi connectivity index (χ0) is 23.6. The van der Waals surface area contributed by atoms with Crippen LogP contribution in [0.3, 0.4) is 0 Å². The standard InChI is InChI=1S/C23H18ClF2N3O4/c24-14-10-13-2-4-17(14)32-8-1-9-33-18-5-3-15(25)20(26)19(18)22(31)28-16(11-13)21(30)29-23(12-27)6-7-23/h1-5,9-10,16H,6-8,11H2,(H,28,31)(H,29,30)/b9-1-/t16-/m0/s1. The predicted molar refractivity (Wildman–Crippen MR) is 114 cm³/mol. The van der Waals surface area contributed by atoms with Gasteiger partial charge >= 0.3 is 0 Å². The molecule has 10 heteroatoms. The summed E-state index contributed by atoms with van der Waals surface area (Å²) in [5, 5.41) is 14.7. The number of fused-ring (bicyclic) bond motifs is 8. The first-order valence-electron chi connectivity index (χ1n) is 10.1. The second-order valence-electron chi connectivity index (χ2n) is 7.71. The molecule has 7 nitrogen and oxygen atoms in total. The number of amides is 2. The summed E-state index contributed by atoms with van der Waals surface area (Å²) in [4.78, 5) is 26.0. The number of nitriles is 1. The van der Waals surface area contributed by atoms with E-state index >= 15 is 0 Å². The average Bonchev–Trinajstić information content (AvgIpc) is 3.56. The van der Waals surface area contributed by atoms with Crippen molar-refractivity contribution in [2.45, 2.75) is 30.8 Å². The van der Waals surface area contributed by atoms with E-state index in [1.165, 1.54) is 12.3 Å². The van der Waals surface area contributed by atoms with Gasteiger partial charge in [0.15, 0.2) is 11.6 Å². The fourth-order valence-electron chi connectivity index (χ4n) is 3.32. The van der Waals surface area contributed by atoms with E-state index in [4.69, 9.17) is 21.1 Å². The summed E-state index contributed by atoms with van der Waals surface area (Å²) in [5.41, 5.74) is -1.10. The highest BCUT2D eigenvalue weighted by atomic mass is 35.5. The molecule has 2 bridgehead atoms. The molecule has 2 amide bonds. The van der Waals surface area contributed by atoms with Crippen LogP contribution in [0.15, 0.2) is 42.7 Å². The van der Waals surface area contributed by atoms with Crippen LogP contribution in [0.2, 0.25) is 5.02 Å². The Hall–Kier alpha value is -3.64. The van der Waals surface area contributed by atoms with Gasteiger partial charge in [-0.05, 0) is 48.7 Å². The van der Waals surface area contributed by atoms with Crippen molar-refractivity contribution in [3.05, 3.63) is 70.5 Å². The van der Waals surface area contributed by atoms with Crippen LogP contribution < -0.4 is 20.1 Å². The minimum absolute atomic E-state index is 0.0234. The zero-order valence-corrected chi connectivity index (χ0v) is 17.9. The third-order valence-corrected chi connectivity index (χ3v) is 5.59. The molecule has 2 N–H and O–H groups in total. The molecule has 1 fully saturated rings. The second kappa shape index (κ2) is 9.08. The van der Waals surface area contributed by atoms with Gasteiger partial charge in [-0.1, -0.05) is 17.7 Å². The predicted octanol–water partition coefficient (Wildman–Crippen LogP) is 3.42. The van der Waals surface area contributed by atoms with E-state index in [1.54, 1.807) is 18.2 Å².